The monoisotopic (exact) mass is 191 g/mol. The summed E-state index contributed by atoms with van der Waals surface area (Å²) < 4.78 is 5.63. The SMILES string of the molecule is CNC(C)CC1COc2ccccc21. The fourth-order valence-corrected chi connectivity index (χ4v) is 1.97. The van der Waals surface area contributed by atoms with E-state index in [9.17, 15) is 0 Å². The zero-order chi connectivity index (χ0) is 9.97. The molecule has 0 spiro atoms. The number of para-hydroxylation sites is 1. The predicted molar refractivity (Wildman–Crippen MR) is 57.8 cm³/mol. The summed E-state index contributed by atoms with van der Waals surface area (Å²) in [5, 5.41) is 3.27. The van der Waals surface area contributed by atoms with Crippen LogP contribution < -0.4 is 10.1 Å². The van der Waals surface area contributed by atoms with Crippen molar-refractivity contribution in [3.8, 4) is 5.75 Å². The standard InChI is InChI=1S/C12H17NO/c1-9(13-2)7-10-8-14-12-6-4-3-5-11(10)12/h3-6,9-10,13H,7-8H2,1-2H3. The second-order valence-electron chi connectivity index (χ2n) is 3.97. The van der Waals surface area contributed by atoms with E-state index in [4.69, 9.17) is 4.74 Å². The third-order valence-corrected chi connectivity index (χ3v) is 2.93. The lowest BCUT2D eigenvalue weighted by molar-refractivity contribution is 0.316. The van der Waals surface area contributed by atoms with Crippen molar-refractivity contribution in [3.05, 3.63) is 29.8 Å². The van der Waals surface area contributed by atoms with Gasteiger partial charge in [0, 0.05) is 17.5 Å². The Morgan fingerprint density at radius 1 is 1.50 bits per heavy atom. The second-order valence-corrected chi connectivity index (χ2v) is 3.97. The Labute approximate surface area is 85.3 Å². The molecule has 2 heteroatoms. The third-order valence-electron chi connectivity index (χ3n) is 2.93. The van der Waals surface area contributed by atoms with Gasteiger partial charge in [0.2, 0.25) is 0 Å². The number of nitrogens with one attached hydrogen (secondary N) is 1. The summed E-state index contributed by atoms with van der Waals surface area (Å²) >= 11 is 0. The first-order valence-corrected chi connectivity index (χ1v) is 5.20. The minimum Gasteiger partial charge on any atom is -0.493 e. The molecule has 1 aliphatic rings. The molecule has 0 saturated heterocycles. The maximum atomic E-state index is 5.63. The first-order valence-electron chi connectivity index (χ1n) is 5.20. The van der Waals surface area contributed by atoms with E-state index < -0.39 is 0 Å². The molecule has 0 saturated carbocycles. The van der Waals surface area contributed by atoms with E-state index >= 15 is 0 Å². The minimum atomic E-state index is 0.551. The number of fused-ring (bicyclic) bond motifs is 1. The van der Waals surface area contributed by atoms with Crippen LogP contribution in [0.3, 0.4) is 0 Å². The van der Waals surface area contributed by atoms with E-state index in [0.29, 0.717) is 12.0 Å². The Balaban J connectivity index is 2.10. The zero-order valence-electron chi connectivity index (χ0n) is 8.79. The average molecular weight is 191 g/mol. The average Bonchev–Trinajstić information content (AvgIpc) is 2.62. The van der Waals surface area contributed by atoms with Gasteiger partial charge in [-0.05, 0) is 26.5 Å². The number of rotatable bonds is 3. The number of hydrogen-bond donors (Lipinski definition) is 1. The fourth-order valence-electron chi connectivity index (χ4n) is 1.97. The summed E-state index contributed by atoms with van der Waals surface area (Å²) in [5.41, 5.74) is 1.37. The van der Waals surface area contributed by atoms with Crippen molar-refractivity contribution < 1.29 is 4.74 Å². The van der Waals surface area contributed by atoms with Gasteiger partial charge in [-0.2, -0.15) is 0 Å². The number of ether oxygens (including phenoxy) is 1. The van der Waals surface area contributed by atoms with Gasteiger partial charge in [0.1, 0.15) is 5.75 Å². The Hall–Kier alpha value is -1.02. The van der Waals surface area contributed by atoms with E-state index in [1.54, 1.807) is 0 Å². The molecule has 1 heterocycles. The summed E-state index contributed by atoms with van der Waals surface area (Å²) in [6.07, 6.45) is 1.15. The fraction of sp³-hybridized carbons (Fsp3) is 0.500. The highest BCUT2D eigenvalue weighted by atomic mass is 16.5. The Bertz CT molecular complexity index is 311. The number of hydrogen-bond acceptors (Lipinski definition) is 2. The molecular weight excluding hydrogens is 174 g/mol. The lowest BCUT2D eigenvalue weighted by Gasteiger charge is -2.14. The highest BCUT2D eigenvalue weighted by Crippen LogP contribution is 2.35. The van der Waals surface area contributed by atoms with E-state index in [-0.39, 0.29) is 0 Å². The van der Waals surface area contributed by atoms with Crippen molar-refractivity contribution in [2.75, 3.05) is 13.7 Å². The van der Waals surface area contributed by atoms with Gasteiger partial charge < -0.3 is 10.1 Å². The molecule has 14 heavy (non-hydrogen) atoms. The molecule has 2 atom stereocenters. The van der Waals surface area contributed by atoms with Crippen LogP contribution in [-0.4, -0.2) is 19.7 Å². The van der Waals surface area contributed by atoms with Gasteiger partial charge in [-0.1, -0.05) is 18.2 Å². The molecular formula is C12H17NO. The van der Waals surface area contributed by atoms with Gasteiger partial charge in [-0.3, -0.25) is 0 Å². The van der Waals surface area contributed by atoms with Crippen LogP contribution in [0.1, 0.15) is 24.8 Å². The van der Waals surface area contributed by atoms with E-state index in [0.717, 1.165) is 18.8 Å². The molecule has 0 aliphatic carbocycles. The Kier molecular flexibility index (Phi) is 2.73. The van der Waals surface area contributed by atoms with Gasteiger partial charge in [0.25, 0.3) is 0 Å². The maximum Gasteiger partial charge on any atom is 0.122 e. The molecule has 1 aliphatic heterocycles. The molecule has 2 rings (SSSR count). The van der Waals surface area contributed by atoms with Gasteiger partial charge in [0.05, 0.1) is 6.61 Å². The van der Waals surface area contributed by atoms with Crippen LogP contribution in [0.2, 0.25) is 0 Å². The highest BCUT2D eigenvalue weighted by Gasteiger charge is 2.24. The minimum absolute atomic E-state index is 0.551. The molecule has 1 aromatic rings. The second kappa shape index (κ2) is 4.01. The molecule has 1 aromatic carbocycles. The normalized spacial score (nSPS) is 21.4. The zero-order valence-corrected chi connectivity index (χ0v) is 8.79. The largest absolute Gasteiger partial charge is 0.493 e. The summed E-state index contributed by atoms with van der Waals surface area (Å²) in [6, 6.07) is 8.90. The first-order chi connectivity index (χ1) is 6.81. The van der Waals surface area contributed by atoms with Crippen LogP contribution >= 0.6 is 0 Å². The Morgan fingerprint density at radius 3 is 3.07 bits per heavy atom. The van der Waals surface area contributed by atoms with Crippen LogP contribution in [0.15, 0.2) is 24.3 Å². The molecule has 0 fully saturated rings. The summed E-state index contributed by atoms with van der Waals surface area (Å²) in [4.78, 5) is 0. The highest BCUT2D eigenvalue weighted by molar-refractivity contribution is 5.39. The van der Waals surface area contributed by atoms with E-state index in [1.165, 1.54) is 5.56 Å². The van der Waals surface area contributed by atoms with E-state index in [2.05, 4.69) is 30.4 Å². The predicted octanol–water partition coefficient (Wildman–Crippen LogP) is 2.16. The van der Waals surface area contributed by atoms with Crippen molar-refractivity contribution in [3.63, 3.8) is 0 Å². The van der Waals surface area contributed by atoms with Crippen LogP contribution in [0, 0.1) is 0 Å². The lowest BCUT2D eigenvalue weighted by atomic mass is 9.95. The van der Waals surface area contributed by atoms with Gasteiger partial charge in [0.15, 0.2) is 0 Å². The molecule has 2 unspecified atom stereocenters. The molecule has 0 aromatic heterocycles. The Morgan fingerprint density at radius 2 is 2.29 bits per heavy atom. The summed E-state index contributed by atoms with van der Waals surface area (Å²) in [6.45, 7) is 3.05. The molecule has 0 radical (unpaired) electrons. The van der Waals surface area contributed by atoms with Crippen molar-refractivity contribution in [1.82, 2.24) is 5.32 Å². The van der Waals surface area contributed by atoms with Gasteiger partial charge >= 0.3 is 0 Å². The maximum absolute atomic E-state index is 5.63. The summed E-state index contributed by atoms with van der Waals surface area (Å²) in [5.74, 6) is 1.63. The van der Waals surface area contributed by atoms with Gasteiger partial charge in [-0.25, -0.2) is 0 Å². The molecule has 0 amide bonds. The molecule has 2 nitrogen and oxygen atoms in total. The van der Waals surface area contributed by atoms with Crippen molar-refractivity contribution in [2.24, 2.45) is 0 Å². The van der Waals surface area contributed by atoms with Crippen LogP contribution in [0.5, 0.6) is 5.75 Å². The van der Waals surface area contributed by atoms with Crippen LogP contribution in [0.4, 0.5) is 0 Å². The molecule has 1 N–H and O–H groups in total. The lowest BCUT2D eigenvalue weighted by Crippen LogP contribution is -2.24. The smallest absolute Gasteiger partial charge is 0.122 e. The quantitative estimate of drug-likeness (QED) is 0.790. The van der Waals surface area contributed by atoms with Crippen LogP contribution in [0.25, 0.3) is 0 Å². The van der Waals surface area contributed by atoms with E-state index in [1.807, 2.05) is 13.1 Å². The summed E-state index contributed by atoms with van der Waals surface area (Å²) in [7, 11) is 2.01. The molecule has 76 valence electrons. The number of benzene rings is 1. The third kappa shape index (κ3) is 1.75. The van der Waals surface area contributed by atoms with Gasteiger partial charge in [-0.15, -0.1) is 0 Å². The first kappa shape index (κ1) is 9.53. The van der Waals surface area contributed by atoms with Crippen LogP contribution in [-0.2, 0) is 0 Å². The van der Waals surface area contributed by atoms with Crippen molar-refractivity contribution in [2.45, 2.75) is 25.3 Å². The van der Waals surface area contributed by atoms with Crippen molar-refractivity contribution in [1.29, 1.82) is 0 Å². The topological polar surface area (TPSA) is 21.3 Å². The molecule has 0 bridgehead atoms. The van der Waals surface area contributed by atoms with Crippen molar-refractivity contribution >= 4 is 0 Å².